The summed E-state index contributed by atoms with van der Waals surface area (Å²) < 4.78 is 11.5. The molecule has 0 saturated carbocycles. The molecule has 6 nitrogen and oxygen atoms in total. The van der Waals surface area contributed by atoms with Crippen LogP contribution in [-0.4, -0.2) is 63.1 Å². The Kier molecular flexibility index (Phi) is 9.38. The van der Waals surface area contributed by atoms with Crippen molar-refractivity contribution in [1.29, 1.82) is 0 Å². The molecule has 0 bridgehead atoms. The van der Waals surface area contributed by atoms with Gasteiger partial charge in [-0.3, -0.25) is 9.69 Å². The molecule has 3 rings (SSSR count). The average molecular weight is 440 g/mol. The Bertz CT molecular complexity index is 833. The van der Waals surface area contributed by atoms with Crippen LogP contribution in [0.15, 0.2) is 48.5 Å². The van der Waals surface area contributed by atoms with E-state index in [2.05, 4.69) is 53.5 Å². The summed E-state index contributed by atoms with van der Waals surface area (Å²) in [4.78, 5) is 17.0. The fraction of sp³-hybridized carbons (Fsp3) is 0.500. The zero-order valence-corrected chi connectivity index (χ0v) is 19.7. The number of methoxy groups -OCH3 is 1. The first-order valence-electron chi connectivity index (χ1n) is 11.5. The van der Waals surface area contributed by atoms with E-state index < -0.39 is 0 Å². The lowest BCUT2D eigenvalue weighted by molar-refractivity contribution is -0.126. The van der Waals surface area contributed by atoms with Crippen LogP contribution in [0.4, 0.5) is 0 Å². The van der Waals surface area contributed by atoms with E-state index in [-0.39, 0.29) is 11.8 Å². The average Bonchev–Trinajstić information content (AvgIpc) is 2.81. The number of ether oxygens (including phenoxy) is 2. The number of nitrogens with one attached hydrogen (secondary N) is 1. The molecule has 1 aliphatic rings. The van der Waals surface area contributed by atoms with Crippen molar-refractivity contribution >= 4 is 5.91 Å². The number of nitrogens with zero attached hydrogens (tertiary/aromatic N) is 2. The predicted molar refractivity (Wildman–Crippen MR) is 128 cm³/mol. The van der Waals surface area contributed by atoms with Gasteiger partial charge in [-0.2, -0.15) is 0 Å². The van der Waals surface area contributed by atoms with E-state index in [1.54, 1.807) is 7.11 Å². The van der Waals surface area contributed by atoms with Crippen LogP contribution in [0.5, 0.6) is 11.5 Å². The standard InChI is InChI=1S/C26H37N3O3/c1-28(2)15-7-14-27-26(30)23-12-16-29(17-13-23)19-22-10-11-24(25(18-22)31-3)32-20-21-8-5-4-6-9-21/h4-6,8-11,18,23H,7,12-17,19-20H2,1-3H3,(H,27,30). The number of rotatable bonds is 11. The number of carbonyl (C=O) groups is 1. The number of amides is 1. The second-order valence-electron chi connectivity index (χ2n) is 8.76. The van der Waals surface area contributed by atoms with E-state index >= 15 is 0 Å². The Labute approximate surface area is 192 Å². The number of likely N-dealkylation sites (tertiary alicyclic amines) is 1. The van der Waals surface area contributed by atoms with Crippen molar-refractivity contribution in [3.8, 4) is 11.5 Å². The number of benzene rings is 2. The van der Waals surface area contributed by atoms with Crippen LogP contribution >= 0.6 is 0 Å². The Morgan fingerprint density at radius 2 is 1.81 bits per heavy atom. The zero-order chi connectivity index (χ0) is 22.8. The third kappa shape index (κ3) is 7.53. The summed E-state index contributed by atoms with van der Waals surface area (Å²) in [5, 5.41) is 3.10. The number of hydrogen-bond donors (Lipinski definition) is 1. The summed E-state index contributed by atoms with van der Waals surface area (Å²) in [6.45, 7) is 5.00. The number of piperidine rings is 1. The summed E-state index contributed by atoms with van der Waals surface area (Å²) in [6, 6.07) is 16.3. The molecule has 32 heavy (non-hydrogen) atoms. The second-order valence-corrected chi connectivity index (χ2v) is 8.76. The van der Waals surface area contributed by atoms with Gasteiger partial charge in [-0.1, -0.05) is 36.4 Å². The van der Waals surface area contributed by atoms with Gasteiger partial charge in [0, 0.05) is 19.0 Å². The molecule has 1 heterocycles. The van der Waals surface area contributed by atoms with Crippen molar-refractivity contribution in [2.45, 2.75) is 32.4 Å². The highest BCUT2D eigenvalue weighted by molar-refractivity contribution is 5.78. The first-order valence-corrected chi connectivity index (χ1v) is 11.5. The zero-order valence-electron chi connectivity index (χ0n) is 19.7. The third-order valence-corrected chi connectivity index (χ3v) is 5.91. The molecule has 6 heteroatoms. The SMILES string of the molecule is COc1cc(CN2CCC(C(=O)NCCCN(C)C)CC2)ccc1OCc1ccccc1. The fourth-order valence-corrected chi connectivity index (χ4v) is 4.03. The van der Waals surface area contributed by atoms with E-state index in [4.69, 9.17) is 9.47 Å². The number of carbonyl (C=O) groups excluding carboxylic acids is 1. The molecule has 1 saturated heterocycles. The summed E-state index contributed by atoms with van der Waals surface area (Å²) in [7, 11) is 5.79. The van der Waals surface area contributed by atoms with E-state index in [0.29, 0.717) is 6.61 Å². The summed E-state index contributed by atoms with van der Waals surface area (Å²) >= 11 is 0. The molecule has 0 unspecified atom stereocenters. The van der Waals surface area contributed by atoms with Crippen LogP contribution in [0.3, 0.4) is 0 Å². The number of hydrogen-bond acceptors (Lipinski definition) is 5. The van der Waals surface area contributed by atoms with Crippen molar-refractivity contribution in [3.05, 3.63) is 59.7 Å². The first kappa shape index (κ1) is 24.1. The van der Waals surface area contributed by atoms with Crippen LogP contribution in [0.2, 0.25) is 0 Å². The molecule has 1 N–H and O–H groups in total. The van der Waals surface area contributed by atoms with Gasteiger partial charge in [-0.25, -0.2) is 0 Å². The monoisotopic (exact) mass is 439 g/mol. The van der Waals surface area contributed by atoms with Gasteiger partial charge in [-0.05, 0) is 76.3 Å². The minimum Gasteiger partial charge on any atom is -0.493 e. The largest absolute Gasteiger partial charge is 0.493 e. The van der Waals surface area contributed by atoms with Crippen molar-refractivity contribution in [1.82, 2.24) is 15.1 Å². The van der Waals surface area contributed by atoms with Gasteiger partial charge in [0.1, 0.15) is 6.61 Å². The molecule has 0 aromatic heterocycles. The molecule has 2 aromatic rings. The van der Waals surface area contributed by atoms with Crippen molar-refractivity contribution in [3.63, 3.8) is 0 Å². The molecule has 0 aliphatic carbocycles. The van der Waals surface area contributed by atoms with Gasteiger partial charge in [0.15, 0.2) is 11.5 Å². The van der Waals surface area contributed by atoms with Crippen LogP contribution in [0.25, 0.3) is 0 Å². The van der Waals surface area contributed by atoms with E-state index in [9.17, 15) is 4.79 Å². The van der Waals surface area contributed by atoms with Gasteiger partial charge < -0.3 is 19.7 Å². The minimum atomic E-state index is 0.133. The minimum absolute atomic E-state index is 0.133. The van der Waals surface area contributed by atoms with Crippen LogP contribution in [0.1, 0.15) is 30.4 Å². The lowest BCUT2D eigenvalue weighted by Gasteiger charge is -2.31. The van der Waals surface area contributed by atoms with Gasteiger partial charge in [0.2, 0.25) is 5.91 Å². The first-order chi connectivity index (χ1) is 15.5. The molecule has 1 fully saturated rings. The van der Waals surface area contributed by atoms with E-state index in [0.717, 1.165) is 69.0 Å². The van der Waals surface area contributed by atoms with Crippen LogP contribution in [-0.2, 0) is 17.9 Å². The molecule has 1 aliphatic heterocycles. The molecule has 174 valence electrons. The summed E-state index contributed by atoms with van der Waals surface area (Å²) in [5.74, 6) is 1.86. The Morgan fingerprint density at radius 1 is 1.06 bits per heavy atom. The molecule has 2 aromatic carbocycles. The summed E-state index contributed by atoms with van der Waals surface area (Å²) in [5.41, 5.74) is 2.32. The van der Waals surface area contributed by atoms with E-state index in [1.807, 2.05) is 24.3 Å². The quantitative estimate of drug-likeness (QED) is 0.543. The van der Waals surface area contributed by atoms with Crippen molar-refractivity contribution in [2.75, 3.05) is 47.4 Å². The third-order valence-electron chi connectivity index (χ3n) is 5.91. The Morgan fingerprint density at radius 3 is 2.50 bits per heavy atom. The second kappa shape index (κ2) is 12.5. The highest BCUT2D eigenvalue weighted by Gasteiger charge is 2.24. The van der Waals surface area contributed by atoms with Gasteiger partial charge in [-0.15, -0.1) is 0 Å². The van der Waals surface area contributed by atoms with Gasteiger partial charge in [0.25, 0.3) is 0 Å². The lowest BCUT2D eigenvalue weighted by Crippen LogP contribution is -2.40. The van der Waals surface area contributed by atoms with Crippen molar-refractivity contribution in [2.24, 2.45) is 5.92 Å². The van der Waals surface area contributed by atoms with Gasteiger partial charge >= 0.3 is 0 Å². The fourth-order valence-electron chi connectivity index (χ4n) is 4.03. The van der Waals surface area contributed by atoms with Crippen LogP contribution in [0, 0.1) is 5.92 Å². The molecular formula is C26H37N3O3. The molecule has 0 spiro atoms. The topological polar surface area (TPSA) is 54.0 Å². The lowest BCUT2D eigenvalue weighted by atomic mass is 9.95. The normalized spacial score (nSPS) is 15.0. The predicted octanol–water partition coefficient (Wildman–Crippen LogP) is 3.55. The van der Waals surface area contributed by atoms with Crippen molar-refractivity contribution < 1.29 is 14.3 Å². The van der Waals surface area contributed by atoms with Gasteiger partial charge in [0.05, 0.1) is 7.11 Å². The molecule has 0 radical (unpaired) electrons. The van der Waals surface area contributed by atoms with Crippen LogP contribution < -0.4 is 14.8 Å². The Balaban J connectivity index is 1.44. The summed E-state index contributed by atoms with van der Waals surface area (Å²) in [6.07, 6.45) is 2.81. The maximum atomic E-state index is 12.4. The maximum absolute atomic E-state index is 12.4. The highest BCUT2D eigenvalue weighted by atomic mass is 16.5. The molecule has 1 amide bonds. The molecular weight excluding hydrogens is 402 g/mol. The highest BCUT2D eigenvalue weighted by Crippen LogP contribution is 2.30. The maximum Gasteiger partial charge on any atom is 0.223 e. The van der Waals surface area contributed by atoms with E-state index in [1.165, 1.54) is 5.56 Å². The Hall–Kier alpha value is -2.57. The molecule has 0 atom stereocenters. The smallest absolute Gasteiger partial charge is 0.223 e.